The maximum atomic E-state index is 8.79. The lowest BCUT2D eigenvalue weighted by Gasteiger charge is -2.08. The molecule has 0 bridgehead atoms. The van der Waals surface area contributed by atoms with E-state index in [9.17, 15) is 0 Å². The quantitative estimate of drug-likeness (QED) is 0.393. The highest BCUT2D eigenvalue weighted by molar-refractivity contribution is 5.53. The van der Waals surface area contributed by atoms with Crippen LogP contribution in [0.2, 0.25) is 0 Å². The number of oxazole rings is 1. The molecule has 0 spiro atoms. The summed E-state index contributed by atoms with van der Waals surface area (Å²) >= 11 is 0. The van der Waals surface area contributed by atoms with E-state index in [-0.39, 0.29) is 0 Å². The average Bonchev–Trinajstić information content (AvgIpc) is 3.19. The van der Waals surface area contributed by atoms with E-state index in [1.165, 1.54) is 0 Å². The summed E-state index contributed by atoms with van der Waals surface area (Å²) in [5.41, 5.74) is 3.55. The lowest BCUT2D eigenvalue weighted by Crippen LogP contribution is -1.99. The monoisotopic (exact) mass is 411 g/mol. The molecule has 0 atom stereocenters. The number of hydrogen-bond acceptors (Lipinski definition) is 6. The summed E-state index contributed by atoms with van der Waals surface area (Å²) in [6, 6.07) is 21.4. The molecule has 0 aliphatic carbocycles. The van der Waals surface area contributed by atoms with Gasteiger partial charge in [-0.25, -0.2) is 4.98 Å². The number of aryl methyl sites for hydroxylation is 1. The van der Waals surface area contributed by atoms with Crippen molar-refractivity contribution < 1.29 is 13.9 Å². The fourth-order valence-electron chi connectivity index (χ4n) is 3.00. The molecule has 2 aromatic carbocycles. The van der Waals surface area contributed by atoms with Gasteiger partial charge in [-0.15, -0.1) is 0 Å². The van der Waals surface area contributed by atoms with Crippen LogP contribution in [-0.2, 0) is 19.6 Å². The Balaban J connectivity index is 1.33. The van der Waals surface area contributed by atoms with Crippen LogP contribution in [0.4, 0.5) is 0 Å². The standard InChI is InChI=1S/C25H21N3O3/c1-18-24(28-25(31-18)21-5-3-2-4-6-21)17-30-22-9-7-19(8-10-22)16-29-23-13-20(11-12-26)14-27-15-23/h2-10,13-15H,11,16-17H2,1H3. The second-order valence-corrected chi connectivity index (χ2v) is 6.97. The second kappa shape index (κ2) is 9.59. The fourth-order valence-corrected chi connectivity index (χ4v) is 3.00. The van der Waals surface area contributed by atoms with Gasteiger partial charge in [-0.05, 0) is 48.4 Å². The summed E-state index contributed by atoms with van der Waals surface area (Å²) < 4.78 is 17.4. The molecule has 0 saturated heterocycles. The molecule has 4 rings (SSSR count). The van der Waals surface area contributed by atoms with E-state index in [1.54, 1.807) is 12.4 Å². The highest BCUT2D eigenvalue weighted by Crippen LogP contribution is 2.23. The van der Waals surface area contributed by atoms with E-state index in [2.05, 4.69) is 16.0 Å². The summed E-state index contributed by atoms with van der Waals surface area (Å²) in [5.74, 6) is 2.72. The molecule has 2 heterocycles. The molecule has 0 radical (unpaired) electrons. The maximum absolute atomic E-state index is 8.79. The molecule has 4 aromatic rings. The number of aromatic nitrogens is 2. The minimum absolute atomic E-state index is 0.314. The molecule has 0 aliphatic rings. The van der Waals surface area contributed by atoms with Crippen molar-refractivity contribution in [2.75, 3.05) is 0 Å². The molecule has 31 heavy (non-hydrogen) atoms. The Kier molecular flexibility index (Phi) is 6.24. The van der Waals surface area contributed by atoms with Crippen LogP contribution >= 0.6 is 0 Å². The minimum Gasteiger partial charge on any atom is -0.487 e. The van der Waals surface area contributed by atoms with Gasteiger partial charge in [-0.2, -0.15) is 5.26 Å². The van der Waals surface area contributed by atoms with Crippen LogP contribution in [0.15, 0.2) is 77.5 Å². The van der Waals surface area contributed by atoms with E-state index in [1.807, 2.05) is 67.6 Å². The smallest absolute Gasteiger partial charge is 0.226 e. The predicted octanol–water partition coefficient (Wildman–Crippen LogP) is 5.27. The molecular weight excluding hydrogens is 390 g/mol. The van der Waals surface area contributed by atoms with Crippen LogP contribution in [0.25, 0.3) is 11.5 Å². The number of nitriles is 1. The Bertz CT molecular complexity index is 1180. The Morgan fingerprint density at radius 2 is 1.68 bits per heavy atom. The third kappa shape index (κ3) is 5.28. The number of rotatable bonds is 8. The number of benzene rings is 2. The van der Waals surface area contributed by atoms with Crippen molar-refractivity contribution in [2.45, 2.75) is 26.6 Å². The highest BCUT2D eigenvalue weighted by Gasteiger charge is 2.12. The van der Waals surface area contributed by atoms with Crippen LogP contribution in [-0.4, -0.2) is 9.97 Å². The molecule has 0 unspecified atom stereocenters. The van der Waals surface area contributed by atoms with Gasteiger partial charge in [0.1, 0.15) is 36.2 Å². The Hall–Kier alpha value is -4.11. The van der Waals surface area contributed by atoms with Crippen LogP contribution in [0, 0.1) is 18.3 Å². The average molecular weight is 411 g/mol. The van der Waals surface area contributed by atoms with Crippen LogP contribution in [0.3, 0.4) is 0 Å². The number of hydrogen-bond donors (Lipinski definition) is 0. The molecule has 154 valence electrons. The van der Waals surface area contributed by atoms with Gasteiger partial charge >= 0.3 is 0 Å². The van der Waals surface area contributed by atoms with E-state index < -0.39 is 0 Å². The van der Waals surface area contributed by atoms with Crippen molar-refractivity contribution in [2.24, 2.45) is 0 Å². The van der Waals surface area contributed by atoms with Crippen molar-refractivity contribution >= 4 is 0 Å². The van der Waals surface area contributed by atoms with Gasteiger partial charge in [0.2, 0.25) is 5.89 Å². The molecule has 2 aromatic heterocycles. The van der Waals surface area contributed by atoms with Crippen molar-refractivity contribution in [3.63, 3.8) is 0 Å². The lowest BCUT2D eigenvalue weighted by molar-refractivity contribution is 0.296. The molecule has 0 amide bonds. The van der Waals surface area contributed by atoms with Crippen molar-refractivity contribution in [3.05, 3.63) is 95.6 Å². The van der Waals surface area contributed by atoms with Gasteiger partial charge in [0.25, 0.3) is 0 Å². The van der Waals surface area contributed by atoms with Gasteiger partial charge in [0, 0.05) is 11.8 Å². The van der Waals surface area contributed by atoms with E-state index in [4.69, 9.17) is 19.2 Å². The zero-order valence-electron chi connectivity index (χ0n) is 17.1. The minimum atomic E-state index is 0.314. The van der Waals surface area contributed by atoms with Gasteiger partial charge in [-0.3, -0.25) is 4.98 Å². The SMILES string of the molecule is Cc1oc(-c2ccccc2)nc1COc1ccc(COc2cncc(CC#N)c2)cc1. The zero-order chi connectivity index (χ0) is 21.5. The van der Waals surface area contributed by atoms with Crippen LogP contribution < -0.4 is 9.47 Å². The largest absolute Gasteiger partial charge is 0.487 e. The summed E-state index contributed by atoms with van der Waals surface area (Å²) in [6.07, 6.45) is 3.62. The number of pyridine rings is 1. The molecule has 0 fully saturated rings. The fraction of sp³-hybridized carbons (Fsp3) is 0.160. The molecule has 0 saturated carbocycles. The van der Waals surface area contributed by atoms with Crippen molar-refractivity contribution in [3.8, 4) is 29.0 Å². The first-order valence-electron chi connectivity index (χ1n) is 9.88. The maximum Gasteiger partial charge on any atom is 0.226 e. The molecular formula is C25H21N3O3. The first kappa shape index (κ1) is 20.2. The van der Waals surface area contributed by atoms with Crippen LogP contribution in [0.1, 0.15) is 22.6 Å². The third-order valence-electron chi connectivity index (χ3n) is 4.67. The van der Waals surface area contributed by atoms with Gasteiger partial charge < -0.3 is 13.9 Å². The molecule has 0 aliphatic heterocycles. The zero-order valence-corrected chi connectivity index (χ0v) is 17.1. The summed E-state index contributed by atoms with van der Waals surface area (Å²) in [6.45, 7) is 2.62. The van der Waals surface area contributed by atoms with Gasteiger partial charge in [-0.1, -0.05) is 30.3 Å². The number of ether oxygens (including phenoxy) is 2. The van der Waals surface area contributed by atoms with E-state index in [0.717, 1.165) is 33.9 Å². The van der Waals surface area contributed by atoms with E-state index in [0.29, 0.717) is 31.3 Å². The molecule has 0 N–H and O–H groups in total. The normalized spacial score (nSPS) is 10.5. The summed E-state index contributed by atoms with van der Waals surface area (Å²) in [5, 5.41) is 8.79. The van der Waals surface area contributed by atoms with Crippen molar-refractivity contribution in [1.82, 2.24) is 9.97 Å². The molecule has 6 heteroatoms. The van der Waals surface area contributed by atoms with E-state index >= 15 is 0 Å². The summed E-state index contributed by atoms with van der Waals surface area (Å²) in [7, 11) is 0. The first-order valence-corrected chi connectivity index (χ1v) is 9.88. The van der Waals surface area contributed by atoms with Crippen LogP contribution in [0.5, 0.6) is 11.5 Å². The first-order chi connectivity index (χ1) is 15.2. The second-order valence-electron chi connectivity index (χ2n) is 6.97. The highest BCUT2D eigenvalue weighted by atomic mass is 16.5. The summed E-state index contributed by atoms with van der Waals surface area (Å²) in [4.78, 5) is 8.66. The number of nitrogens with zero attached hydrogens (tertiary/aromatic N) is 3. The lowest BCUT2D eigenvalue weighted by atomic mass is 10.2. The topological polar surface area (TPSA) is 81.2 Å². The Morgan fingerprint density at radius 1 is 0.903 bits per heavy atom. The van der Waals surface area contributed by atoms with Crippen molar-refractivity contribution in [1.29, 1.82) is 5.26 Å². The molecule has 6 nitrogen and oxygen atoms in total. The Morgan fingerprint density at radius 3 is 2.45 bits per heavy atom. The third-order valence-corrected chi connectivity index (χ3v) is 4.67. The Labute approximate surface area is 180 Å². The van der Waals surface area contributed by atoms with Gasteiger partial charge in [0.05, 0.1) is 18.7 Å². The van der Waals surface area contributed by atoms with Gasteiger partial charge in [0.15, 0.2) is 0 Å². The predicted molar refractivity (Wildman–Crippen MR) is 115 cm³/mol.